The lowest BCUT2D eigenvalue weighted by atomic mass is 9.97. The average Bonchev–Trinajstić information content (AvgIpc) is 3.99. The van der Waals surface area contributed by atoms with E-state index >= 15 is 0 Å². The van der Waals surface area contributed by atoms with Gasteiger partial charge in [-0.2, -0.15) is 0 Å². The largest absolute Gasteiger partial charge is 0.455 e. The van der Waals surface area contributed by atoms with Gasteiger partial charge < -0.3 is 13.7 Å². The molecule has 58 heavy (non-hydrogen) atoms. The number of thiophene rings is 1. The summed E-state index contributed by atoms with van der Waals surface area (Å²) in [7, 11) is 0. The third-order valence-electron chi connectivity index (χ3n) is 11.5. The number of hydrogen-bond acceptors (Lipinski definition) is 4. The summed E-state index contributed by atoms with van der Waals surface area (Å²) in [6, 6.07) is 71.3. The molecule has 0 aliphatic carbocycles. The highest BCUT2D eigenvalue weighted by atomic mass is 32.1. The molecular formula is C54H33NO2S. The van der Waals surface area contributed by atoms with Crippen LogP contribution in [0.3, 0.4) is 0 Å². The summed E-state index contributed by atoms with van der Waals surface area (Å²) in [6.07, 6.45) is 0. The Hall–Kier alpha value is -7.40. The van der Waals surface area contributed by atoms with Crippen LogP contribution >= 0.6 is 11.3 Å². The van der Waals surface area contributed by atoms with Gasteiger partial charge in [-0.3, -0.25) is 0 Å². The lowest BCUT2D eigenvalue weighted by molar-refractivity contribution is 0.669. The van der Waals surface area contributed by atoms with Gasteiger partial charge in [0.25, 0.3) is 0 Å². The van der Waals surface area contributed by atoms with E-state index in [4.69, 9.17) is 8.83 Å². The van der Waals surface area contributed by atoms with E-state index in [1.807, 2.05) is 35.6 Å². The fourth-order valence-corrected chi connectivity index (χ4v) is 10.0. The van der Waals surface area contributed by atoms with Crippen molar-refractivity contribution in [1.82, 2.24) is 0 Å². The zero-order valence-corrected chi connectivity index (χ0v) is 32.0. The van der Waals surface area contributed by atoms with E-state index < -0.39 is 0 Å². The standard InChI is InChI=1S/C54H33NO2S/c1-4-25-49-42(16-1)45-21-9-19-40(52(45)56-49)37-14-8-15-39(33-37)55(48-24-11-22-46-43-17-2-5-26-50(43)57-53(46)48)38-30-28-34(29-31-38)35-12-7-13-36(32-35)41-20-10-23-47-44-18-3-6-27-51(44)58-54(41)47/h1-33H. The molecule has 0 spiro atoms. The minimum Gasteiger partial charge on any atom is -0.455 e. The van der Waals surface area contributed by atoms with Gasteiger partial charge in [0, 0.05) is 58.7 Å². The molecule has 4 heteroatoms. The molecule has 3 nitrogen and oxygen atoms in total. The molecule has 0 radical (unpaired) electrons. The van der Waals surface area contributed by atoms with Crippen molar-refractivity contribution >= 4 is 92.4 Å². The number of fused-ring (bicyclic) bond motifs is 9. The number of anilines is 3. The van der Waals surface area contributed by atoms with E-state index in [0.29, 0.717) is 0 Å². The number of hydrogen-bond donors (Lipinski definition) is 0. The van der Waals surface area contributed by atoms with E-state index in [1.165, 1.54) is 36.9 Å². The molecule has 12 aromatic rings. The van der Waals surface area contributed by atoms with Crippen LogP contribution in [0.2, 0.25) is 0 Å². The summed E-state index contributed by atoms with van der Waals surface area (Å²) in [4.78, 5) is 2.31. The molecule has 0 aliphatic rings. The second-order valence-corrected chi connectivity index (χ2v) is 15.9. The molecule has 9 aromatic carbocycles. The van der Waals surface area contributed by atoms with E-state index in [-0.39, 0.29) is 0 Å². The minimum absolute atomic E-state index is 0.848. The molecule has 3 aromatic heterocycles. The fourth-order valence-electron chi connectivity index (χ4n) is 8.77. The van der Waals surface area contributed by atoms with Crippen LogP contribution in [-0.4, -0.2) is 0 Å². The van der Waals surface area contributed by atoms with Gasteiger partial charge in [-0.05, 0) is 82.4 Å². The first-order valence-electron chi connectivity index (χ1n) is 19.6. The van der Waals surface area contributed by atoms with Gasteiger partial charge >= 0.3 is 0 Å². The van der Waals surface area contributed by atoms with Crippen molar-refractivity contribution in [1.29, 1.82) is 0 Å². The Morgan fingerprint density at radius 2 is 0.914 bits per heavy atom. The van der Waals surface area contributed by atoms with Crippen LogP contribution in [-0.2, 0) is 0 Å². The third-order valence-corrected chi connectivity index (χ3v) is 12.7. The normalized spacial score (nSPS) is 11.8. The van der Waals surface area contributed by atoms with E-state index in [2.05, 4.69) is 181 Å². The third kappa shape index (κ3) is 5.19. The smallest absolute Gasteiger partial charge is 0.159 e. The number of rotatable bonds is 6. The Labute approximate surface area is 338 Å². The molecule has 272 valence electrons. The van der Waals surface area contributed by atoms with Crippen molar-refractivity contribution in [3.63, 3.8) is 0 Å². The van der Waals surface area contributed by atoms with Gasteiger partial charge in [-0.1, -0.05) is 146 Å². The van der Waals surface area contributed by atoms with Crippen LogP contribution in [0.15, 0.2) is 209 Å². The Kier molecular flexibility index (Phi) is 7.40. The Balaban J connectivity index is 0.988. The highest BCUT2D eigenvalue weighted by Gasteiger charge is 2.21. The Morgan fingerprint density at radius 3 is 1.71 bits per heavy atom. The van der Waals surface area contributed by atoms with Crippen LogP contribution in [0.1, 0.15) is 0 Å². The van der Waals surface area contributed by atoms with E-state index in [0.717, 1.165) is 77.6 Å². The predicted octanol–water partition coefficient (Wildman–Crippen LogP) is 16.3. The summed E-state index contributed by atoms with van der Waals surface area (Å²) in [5.74, 6) is 0. The molecule has 0 saturated heterocycles. The topological polar surface area (TPSA) is 29.5 Å². The molecule has 12 rings (SSSR count). The molecule has 0 amide bonds. The maximum atomic E-state index is 6.66. The molecule has 0 aliphatic heterocycles. The van der Waals surface area contributed by atoms with Gasteiger partial charge in [-0.15, -0.1) is 11.3 Å². The van der Waals surface area contributed by atoms with E-state index in [1.54, 1.807) is 0 Å². The quantitative estimate of drug-likeness (QED) is 0.169. The van der Waals surface area contributed by atoms with E-state index in [9.17, 15) is 0 Å². The molecule has 3 heterocycles. The monoisotopic (exact) mass is 759 g/mol. The summed E-state index contributed by atoms with van der Waals surface area (Å²) in [5, 5.41) is 7.05. The number of benzene rings is 9. The molecule has 0 atom stereocenters. The van der Waals surface area contributed by atoms with Gasteiger partial charge in [0.15, 0.2) is 5.58 Å². The Bertz CT molecular complexity index is 3530. The molecule has 0 bridgehead atoms. The predicted molar refractivity (Wildman–Crippen MR) is 245 cm³/mol. The zero-order chi connectivity index (χ0) is 38.2. The summed E-state index contributed by atoms with van der Waals surface area (Å²) in [6.45, 7) is 0. The highest BCUT2D eigenvalue weighted by Crippen LogP contribution is 2.45. The maximum Gasteiger partial charge on any atom is 0.159 e. The SMILES string of the molecule is c1cc(-c2ccc(N(c3cccc(-c4cccc5c4oc4ccccc45)c3)c3cccc4c3oc3ccccc34)cc2)cc(-c2cccc3c2sc2ccccc23)c1. The molecule has 0 N–H and O–H groups in total. The maximum absolute atomic E-state index is 6.66. The van der Waals surface area contributed by atoms with Gasteiger partial charge in [0.05, 0.1) is 5.69 Å². The second-order valence-electron chi connectivity index (χ2n) is 14.8. The van der Waals surface area contributed by atoms with Crippen LogP contribution in [0.5, 0.6) is 0 Å². The average molecular weight is 760 g/mol. The minimum atomic E-state index is 0.848. The van der Waals surface area contributed by atoms with Gasteiger partial charge in [0.2, 0.25) is 0 Å². The molecule has 0 saturated carbocycles. The first kappa shape index (κ1) is 32.8. The van der Waals surface area contributed by atoms with Crippen LogP contribution in [0.4, 0.5) is 17.1 Å². The second kappa shape index (κ2) is 13.1. The van der Waals surface area contributed by atoms with Crippen molar-refractivity contribution in [3.8, 4) is 33.4 Å². The fraction of sp³-hybridized carbons (Fsp3) is 0. The van der Waals surface area contributed by atoms with Crippen molar-refractivity contribution < 1.29 is 8.83 Å². The highest BCUT2D eigenvalue weighted by molar-refractivity contribution is 7.26. The molecule has 0 fully saturated rings. The summed E-state index contributed by atoms with van der Waals surface area (Å²) >= 11 is 1.87. The summed E-state index contributed by atoms with van der Waals surface area (Å²) < 4.78 is 15.8. The van der Waals surface area contributed by atoms with Crippen molar-refractivity contribution in [2.45, 2.75) is 0 Å². The Morgan fingerprint density at radius 1 is 0.345 bits per heavy atom. The van der Waals surface area contributed by atoms with Crippen molar-refractivity contribution in [3.05, 3.63) is 200 Å². The van der Waals surface area contributed by atoms with Crippen LogP contribution in [0.25, 0.3) is 97.4 Å². The summed E-state index contributed by atoms with van der Waals surface area (Å²) in [5.41, 5.74) is 13.5. The van der Waals surface area contributed by atoms with Gasteiger partial charge in [-0.25, -0.2) is 0 Å². The zero-order valence-electron chi connectivity index (χ0n) is 31.2. The first-order chi connectivity index (χ1) is 28.7. The molecular weight excluding hydrogens is 727 g/mol. The van der Waals surface area contributed by atoms with Gasteiger partial charge in [0.1, 0.15) is 16.7 Å². The van der Waals surface area contributed by atoms with Crippen molar-refractivity contribution in [2.24, 2.45) is 0 Å². The lowest BCUT2D eigenvalue weighted by Gasteiger charge is -2.26. The van der Waals surface area contributed by atoms with Crippen molar-refractivity contribution in [2.75, 3.05) is 4.90 Å². The number of para-hydroxylation sites is 4. The first-order valence-corrected chi connectivity index (χ1v) is 20.4. The van der Waals surface area contributed by atoms with Crippen LogP contribution in [0, 0.1) is 0 Å². The molecule has 0 unspecified atom stereocenters. The number of nitrogens with zero attached hydrogens (tertiary/aromatic N) is 1. The number of furan rings is 2. The lowest BCUT2D eigenvalue weighted by Crippen LogP contribution is -2.10. The van der Waals surface area contributed by atoms with Crippen LogP contribution < -0.4 is 4.90 Å².